The third kappa shape index (κ3) is 1.76. The molecular weight excluding hydrogens is 176 g/mol. The Balaban J connectivity index is 2.10. The summed E-state index contributed by atoms with van der Waals surface area (Å²) in [5, 5.41) is 0. The van der Waals surface area contributed by atoms with Gasteiger partial charge < -0.3 is 4.90 Å². The van der Waals surface area contributed by atoms with E-state index in [9.17, 15) is 4.79 Å². The molecule has 74 valence electrons. The monoisotopic (exact) mass is 190 g/mol. The highest BCUT2D eigenvalue weighted by atomic mass is 16.2. The van der Waals surface area contributed by atoms with Crippen LogP contribution in [0.4, 0.5) is 0 Å². The molecule has 1 aromatic heterocycles. The van der Waals surface area contributed by atoms with Crippen LogP contribution in [0, 0.1) is 5.92 Å². The van der Waals surface area contributed by atoms with Gasteiger partial charge in [0.15, 0.2) is 0 Å². The van der Waals surface area contributed by atoms with Crippen molar-refractivity contribution in [2.45, 2.75) is 13.3 Å². The van der Waals surface area contributed by atoms with Gasteiger partial charge in [-0.15, -0.1) is 0 Å². The summed E-state index contributed by atoms with van der Waals surface area (Å²) >= 11 is 0. The van der Waals surface area contributed by atoms with Crippen LogP contribution in [0.5, 0.6) is 0 Å². The van der Waals surface area contributed by atoms with Crippen LogP contribution in [-0.2, 0) is 0 Å². The van der Waals surface area contributed by atoms with E-state index in [2.05, 4.69) is 11.9 Å². The fraction of sp³-hybridized carbons (Fsp3) is 0.455. The highest BCUT2D eigenvalue weighted by Gasteiger charge is 2.23. The molecule has 1 aromatic rings. The fourth-order valence-corrected chi connectivity index (χ4v) is 1.80. The molecule has 2 rings (SSSR count). The Kier molecular flexibility index (Phi) is 2.48. The molecule has 1 fully saturated rings. The van der Waals surface area contributed by atoms with Crippen molar-refractivity contribution in [1.29, 1.82) is 0 Å². The first-order valence-electron chi connectivity index (χ1n) is 4.96. The van der Waals surface area contributed by atoms with Crippen LogP contribution >= 0.6 is 0 Å². The maximum absolute atomic E-state index is 11.9. The highest BCUT2D eigenvalue weighted by molar-refractivity contribution is 5.94. The first kappa shape index (κ1) is 9.19. The normalized spacial score (nSPS) is 21.2. The standard InChI is InChI=1S/C11H14N2O/c1-9-4-7-13(8-9)11(14)10-2-5-12-6-3-10/h2-3,5-6,9H,4,7-8H2,1H3. The number of carbonyl (C=O) groups excluding carboxylic acids is 1. The molecular formula is C11H14N2O. The molecule has 0 N–H and O–H groups in total. The van der Waals surface area contributed by atoms with Crippen molar-refractivity contribution in [3.63, 3.8) is 0 Å². The first-order chi connectivity index (χ1) is 6.77. The van der Waals surface area contributed by atoms with Gasteiger partial charge >= 0.3 is 0 Å². The second kappa shape index (κ2) is 3.78. The highest BCUT2D eigenvalue weighted by Crippen LogP contribution is 2.17. The van der Waals surface area contributed by atoms with Gasteiger partial charge in [0.25, 0.3) is 5.91 Å². The summed E-state index contributed by atoms with van der Waals surface area (Å²) in [5.41, 5.74) is 0.745. The van der Waals surface area contributed by atoms with Crippen LogP contribution in [0.25, 0.3) is 0 Å². The zero-order valence-corrected chi connectivity index (χ0v) is 8.31. The minimum Gasteiger partial charge on any atom is -0.338 e. The summed E-state index contributed by atoms with van der Waals surface area (Å²) in [6.45, 7) is 3.96. The van der Waals surface area contributed by atoms with E-state index < -0.39 is 0 Å². The summed E-state index contributed by atoms with van der Waals surface area (Å²) in [7, 11) is 0. The van der Waals surface area contributed by atoms with Crippen molar-refractivity contribution >= 4 is 5.91 Å². The SMILES string of the molecule is CC1CCN(C(=O)c2ccncc2)C1. The summed E-state index contributed by atoms with van der Waals surface area (Å²) in [4.78, 5) is 17.7. The van der Waals surface area contributed by atoms with E-state index in [1.54, 1.807) is 24.5 Å². The van der Waals surface area contributed by atoms with Gasteiger partial charge in [0.1, 0.15) is 0 Å². The lowest BCUT2D eigenvalue weighted by atomic mass is 10.2. The second-order valence-corrected chi connectivity index (χ2v) is 3.88. The Morgan fingerprint density at radius 1 is 1.50 bits per heavy atom. The molecule has 14 heavy (non-hydrogen) atoms. The van der Waals surface area contributed by atoms with Gasteiger partial charge in [-0.2, -0.15) is 0 Å². The van der Waals surface area contributed by atoms with Crippen molar-refractivity contribution in [2.24, 2.45) is 5.92 Å². The number of aromatic nitrogens is 1. The maximum atomic E-state index is 11.9. The Bertz CT molecular complexity index is 323. The quantitative estimate of drug-likeness (QED) is 0.673. The summed E-state index contributed by atoms with van der Waals surface area (Å²) in [6.07, 6.45) is 4.44. The second-order valence-electron chi connectivity index (χ2n) is 3.88. The number of nitrogens with zero attached hydrogens (tertiary/aromatic N) is 2. The molecule has 3 heteroatoms. The van der Waals surface area contributed by atoms with Gasteiger partial charge in [0.05, 0.1) is 0 Å². The Labute approximate surface area is 83.8 Å². The minimum absolute atomic E-state index is 0.136. The Hall–Kier alpha value is -1.38. The van der Waals surface area contributed by atoms with Crippen LogP contribution in [0.3, 0.4) is 0 Å². The molecule has 1 amide bonds. The molecule has 0 aromatic carbocycles. The summed E-state index contributed by atoms with van der Waals surface area (Å²) in [5.74, 6) is 0.775. The van der Waals surface area contributed by atoms with Crippen LogP contribution in [0.1, 0.15) is 23.7 Å². The van der Waals surface area contributed by atoms with E-state index in [0.29, 0.717) is 5.92 Å². The third-order valence-corrected chi connectivity index (χ3v) is 2.64. The zero-order valence-electron chi connectivity index (χ0n) is 8.31. The van der Waals surface area contributed by atoms with Gasteiger partial charge in [-0.3, -0.25) is 9.78 Å². The molecule has 0 radical (unpaired) electrons. The van der Waals surface area contributed by atoms with E-state index in [0.717, 1.165) is 25.1 Å². The number of amides is 1. The van der Waals surface area contributed by atoms with Crippen LogP contribution < -0.4 is 0 Å². The lowest BCUT2D eigenvalue weighted by Crippen LogP contribution is -2.28. The van der Waals surface area contributed by atoms with E-state index in [4.69, 9.17) is 0 Å². The smallest absolute Gasteiger partial charge is 0.253 e. The number of likely N-dealkylation sites (tertiary alicyclic amines) is 1. The lowest BCUT2D eigenvalue weighted by Gasteiger charge is -2.15. The Morgan fingerprint density at radius 2 is 2.21 bits per heavy atom. The van der Waals surface area contributed by atoms with E-state index >= 15 is 0 Å². The average molecular weight is 190 g/mol. The molecule has 0 bridgehead atoms. The molecule has 1 unspecified atom stereocenters. The van der Waals surface area contributed by atoms with Gasteiger partial charge in [0, 0.05) is 31.0 Å². The van der Waals surface area contributed by atoms with Crippen molar-refractivity contribution in [2.75, 3.05) is 13.1 Å². The molecule has 0 aliphatic carbocycles. The number of hydrogen-bond acceptors (Lipinski definition) is 2. The lowest BCUT2D eigenvalue weighted by molar-refractivity contribution is 0.0788. The number of carbonyl (C=O) groups is 1. The average Bonchev–Trinajstić information content (AvgIpc) is 2.65. The molecule has 1 aliphatic heterocycles. The number of hydrogen-bond donors (Lipinski definition) is 0. The van der Waals surface area contributed by atoms with Crippen molar-refractivity contribution < 1.29 is 4.79 Å². The minimum atomic E-state index is 0.136. The number of pyridine rings is 1. The third-order valence-electron chi connectivity index (χ3n) is 2.64. The van der Waals surface area contributed by atoms with Crippen molar-refractivity contribution in [1.82, 2.24) is 9.88 Å². The topological polar surface area (TPSA) is 33.2 Å². The van der Waals surface area contributed by atoms with E-state index in [-0.39, 0.29) is 5.91 Å². The van der Waals surface area contributed by atoms with Gasteiger partial charge in [-0.05, 0) is 24.5 Å². The largest absolute Gasteiger partial charge is 0.338 e. The van der Waals surface area contributed by atoms with Crippen LogP contribution in [0.2, 0.25) is 0 Å². The fourth-order valence-electron chi connectivity index (χ4n) is 1.80. The molecule has 1 aliphatic rings. The zero-order chi connectivity index (χ0) is 9.97. The van der Waals surface area contributed by atoms with E-state index in [1.165, 1.54) is 0 Å². The summed E-state index contributed by atoms with van der Waals surface area (Å²) < 4.78 is 0. The Morgan fingerprint density at radius 3 is 2.79 bits per heavy atom. The molecule has 0 saturated carbocycles. The molecule has 1 atom stereocenters. The molecule has 0 spiro atoms. The summed E-state index contributed by atoms with van der Waals surface area (Å²) in [6, 6.07) is 3.54. The molecule has 2 heterocycles. The molecule has 1 saturated heterocycles. The van der Waals surface area contributed by atoms with Crippen LogP contribution in [-0.4, -0.2) is 28.9 Å². The van der Waals surface area contributed by atoms with Gasteiger partial charge in [-0.1, -0.05) is 6.92 Å². The predicted molar refractivity (Wildman–Crippen MR) is 53.9 cm³/mol. The number of rotatable bonds is 1. The van der Waals surface area contributed by atoms with Gasteiger partial charge in [-0.25, -0.2) is 0 Å². The van der Waals surface area contributed by atoms with Crippen molar-refractivity contribution in [3.05, 3.63) is 30.1 Å². The maximum Gasteiger partial charge on any atom is 0.253 e. The first-order valence-corrected chi connectivity index (χ1v) is 4.96. The van der Waals surface area contributed by atoms with Crippen molar-refractivity contribution in [3.8, 4) is 0 Å². The van der Waals surface area contributed by atoms with Gasteiger partial charge in [0.2, 0.25) is 0 Å². The van der Waals surface area contributed by atoms with E-state index in [1.807, 2.05) is 4.90 Å². The van der Waals surface area contributed by atoms with Crippen LogP contribution in [0.15, 0.2) is 24.5 Å². The predicted octanol–water partition coefficient (Wildman–Crippen LogP) is 1.56. The molecule has 3 nitrogen and oxygen atoms in total.